The van der Waals surface area contributed by atoms with Gasteiger partial charge < -0.3 is 15.2 Å². The highest BCUT2D eigenvalue weighted by Gasteiger charge is 2.69. The zero-order valence-electron chi connectivity index (χ0n) is 18.7. The largest absolute Gasteiger partial charge is 0.361 e. The van der Waals surface area contributed by atoms with E-state index in [4.69, 9.17) is 31.8 Å². The van der Waals surface area contributed by atoms with Gasteiger partial charge in [0.1, 0.15) is 22.8 Å². The minimum absolute atomic E-state index is 0.0887. The van der Waals surface area contributed by atoms with Gasteiger partial charge in [-0.1, -0.05) is 16.8 Å². The first-order valence-corrected chi connectivity index (χ1v) is 11.6. The number of nitrogens with zero attached hydrogens (tertiary/aromatic N) is 7. The van der Waals surface area contributed by atoms with Crippen molar-refractivity contribution in [3.05, 3.63) is 47.1 Å². The SMILES string of the molecule is Cc1cc([C@]2(CN)[C@@H]3CN(c4cnc5c(-c6ccc7nn(C)cc7c6Cl)n[nH]c5n4)C[C@@H]32)no1. The predicted octanol–water partition coefficient (Wildman–Crippen LogP) is 2.82. The van der Waals surface area contributed by atoms with Crippen LogP contribution in [0, 0.1) is 18.8 Å². The number of fused-ring (bicyclic) bond motifs is 3. The van der Waals surface area contributed by atoms with Crippen molar-refractivity contribution in [2.24, 2.45) is 24.6 Å². The summed E-state index contributed by atoms with van der Waals surface area (Å²) in [5.41, 5.74) is 10.7. The minimum atomic E-state index is -0.0887. The van der Waals surface area contributed by atoms with E-state index >= 15 is 0 Å². The van der Waals surface area contributed by atoms with Crippen LogP contribution >= 0.6 is 11.6 Å². The van der Waals surface area contributed by atoms with E-state index in [1.165, 1.54) is 0 Å². The number of piperidine rings is 1. The first-order chi connectivity index (χ1) is 16.5. The van der Waals surface area contributed by atoms with E-state index in [1.54, 1.807) is 4.68 Å². The molecule has 1 saturated heterocycles. The van der Waals surface area contributed by atoms with Crippen LogP contribution in [-0.2, 0) is 12.5 Å². The van der Waals surface area contributed by atoms with E-state index in [-0.39, 0.29) is 5.41 Å². The van der Waals surface area contributed by atoms with Crippen molar-refractivity contribution in [3.8, 4) is 11.3 Å². The Kier molecular flexibility index (Phi) is 3.97. The summed E-state index contributed by atoms with van der Waals surface area (Å²) in [5.74, 6) is 2.51. The molecular formula is C23H22ClN9O. The Balaban J connectivity index is 1.18. The number of nitrogens with two attached hydrogens (primary N) is 1. The van der Waals surface area contributed by atoms with Gasteiger partial charge in [-0.25, -0.2) is 9.97 Å². The van der Waals surface area contributed by atoms with Gasteiger partial charge in [-0.2, -0.15) is 10.2 Å². The Bertz CT molecular complexity index is 1570. The van der Waals surface area contributed by atoms with E-state index in [9.17, 15) is 0 Å². The smallest absolute Gasteiger partial charge is 0.177 e. The molecule has 10 nitrogen and oxygen atoms in total. The summed E-state index contributed by atoms with van der Waals surface area (Å²) >= 11 is 6.71. The Morgan fingerprint density at radius 2 is 2.12 bits per heavy atom. The third-order valence-corrected chi connectivity index (χ3v) is 7.96. The average Bonchev–Trinajstić information content (AvgIpc) is 3.44. The summed E-state index contributed by atoms with van der Waals surface area (Å²) < 4.78 is 7.07. The fraction of sp³-hybridized carbons (Fsp3) is 0.348. The van der Waals surface area contributed by atoms with E-state index in [0.717, 1.165) is 46.8 Å². The highest BCUT2D eigenvalue weighted by atomic mass is 35.5. The number of aryl methyl sites for hydroxylation is 2. The highest BCUT2D eigenvalue weighted by molar-refractivity contribution is 6.38. The van der Waals surface area contributed by atoms with Crippen LogP contribution in [-0.4, -0.2) is 54.7 Å². The molecule has 4 aromatic heterocycles. The maximum absolute atomic E-state index is 6.71. The van der Waals surface area contributed by atoms with Gasteiger partial charge in [-0.3, -0.25) is 9.78 Å². The molecule has 3 atom stereocenters. The molecule has 7 rings (SSSR count). The Hall–Kier alpha value is -3.50. The van der Waals surface area contributed by atoms with Crippen molar-refractivity contribution in [3.63, 3.8) is 0 Å². The number of anilines is 1. The van der Waals surface area contributed by atoms with Crippen molar-refractivity contribution in [1.29, 1.82) is 0 Å². The van der Waals surface area contributed by atoms with Gasteiger partial charge >= 0.3 is 0 Å². The average molecular weight is 476 g/mol. The molecule has 5 heterocycles. The van der Waals surface area contributed by atoms with Gasteiger partial charge in [0.05, 0.1) is 22.4 Å². The quantitative estimate of drug-likeness (QED) is 0.406. The lowest BCUT2D eigenvalue weighted by molar-refractivity contribution is 0.376. The van der Waals surface area contributed by atoms with Crippen LogP contribution < -0.4 is 10.6 Å². The topological polar surface area (TPSA) is 128 Å². The van der Waals surface area contributed by atoms with E-state index in [0.29, 0.717) is 40.3 Å². The summed E-state index contributed by atoms with van der Waals surface area (Å²) in [6, 6.07) is 5.88. The lowest BCUT2D eigenvalue weighted by Crippen LogP contribution is -2.35. The van der Waals surface area contributed by atoms with Crippen LogP contribution in [0.1, 0.15) is 11.5 Å². The molecule has 172 valence electrons. The van der Waals surface area contributed by atoms with Crippen molar-refractivity contribution in [2.45, 2.75) is 12.3 Å². The standard InChI is InChI=1S/C23H22ClN9O/c1-11-5-17(31-34-11)23(10-25)14-8-33(9-15(14)23)18-6-26-21-20(28-29-22(21)27-18)12-3-4-16-13(19(12)24)7-32(2)30-16/h3-7,14-15H,8-10,25H2,1-2H3,(H,27,28,29)/t14-,15+,23-. The fourth-order valence-electron chi connectivity index (χ4n) is 5.79. The third-order valence-electron chi connectivity index (χ3n) is 7.55. The minimum Gasteiger partial charge on any atom is -0.361 e. The molecule has 5 aromatic rings. The molecule has 0 bridgehead atoms. The molecule has 1 aromatic carbocycles. The summed E-state index contributed by atoms with van der Waals surface area (Å²) in [7, 11) is 1.87. The molecule has 1 saturated carbocycles. The van der Waals surface area contributed by atoms with Crippen LogP contribution in [0.5, 0.6) is 0 Å². The molecule has 2 aliphatic rings. The third kappa shape index (κ3) is 2.57. The molecule has 0 radical (unpaired) electrons. The number of hydrogen-bond donors (Lipinski definition) is 2. The molecule has 34 heavy (non-hydrogen) atoms. The summed E-state index contributed by atoms with van der Waals surface area (Å²) in [4.78, 5) is 11.8. The molecule has 1 aliphatic carbocycles. The second-order valence-corrected chi connectivity index (χ2v) is 9.72. The Morgan fingerprint density at radius 3 is 2.85 bits per heavy atom. The fourth-order valence-corrected chi connectivity index (χ4v) is 6.09. The van der Waals surface area contributed by atoms with Crippen molar-refractivity contribution in [1.82, 2.24) is 35.1 Å². The second-order valence-electron chi connectivity index (χ2n) is 9.35. The van der Waals surface area contributed by atoms with Crippen LogP contribution in [0.2, 0.25) is 5.02 Å². The second kappa shape index (κ2) is 6.77. The van der Waals surface area contributed by atoms with Crippen LogP contribution in [0.15, 0.2) is 35.1 Å². The molecule has 2 fully saturated rings. The lowest BCUT2D eigenvalue weighted by atomic mass is 9.95. The summed E-state index contributed by atoms with van der Waals surface area (Å²) in [5, 5.41) is 17.7. The normalized spacial score (nSPS) is 23.8. The zero-order valence-corrected chi connectivity index (χ0v) is 19.4. The van der Waals surface area contributed by atoms with Gasteiger partial charge in [0, 0.05) is 55.3 Å². The number of aromatic amines is 1. The first kappa shape index (κ1) is 19.9. The van der Waals surface area contributed by atoms with Crippen molar-refractivity contribution >= 4 is 39.5 Å². The van der Waals surface area contributed by atoms with Gasteiger partial charge in [0.2, 0.25) is 0 Å². The number of rotatable bonds is 4. The summed E-state index contributed by atoms with van der Waals surface area (Å²) in [6.07, 6.45) is 3.72. The molecule has 3 N–H and O–H groups in total. The van der Waals surface area contributed by atoms with Crippen molar-refractivity contribution in [2.75, 3.05) is 24.5 Å². The van der Waals surface area contributed by atoms with Crippen LogP contribution in [0.3, 0.4) is 0 Å². The Labute approximate surface area is 199 Å². The molecule has 0 unspecified atom stereocenters. The molecule has 0 spiro atoms. The zero-order chi connectivity index (χ0) is 23.2. The van der Waals surface area contributed by atoms with Gasteiger partial charge in [0.15, 0.2) is 5.65 Å². The number of nitrogens with one attached hydrogen (secondary N) is 1. The molecule has 1 aliphatic heterocycles. The lowest BCUT2D eigenvalue weighted by Gasteiger charge is -2.25. The monoisotopic (exact) mass is 475 g/mol. The first-order valence-electron chi connectivity index (χ1n) is 11.2. The van der Waals surface area contributed by atoms with Crippen molar-refractivity contribution < 1.29 is 4.52 Å². The number of hydrogen-bond acceptors (Lipinski definition) is 8. The van der Waals surface area contributed by atoms with Gasteiger partial charge in [-0.05, 0) is 30.9 Å². The van der Waals surface area contributed by atoms with E-state index in [2.05, 4.69) is 25.4 Å². The number of aromatic nitrogens is 7. The van der Waals surface area contributed by atoms with E-state index in [1.807, 2.05) is 44.6 Å². The van der Waals surface area contributed by atoms with E-state index < -0.39 is 0 Å². The predicted molar refractivity (Wildman–Crippen MR) is 128 cm³/mol. The summed E-state index contributed by atoms with van der Waals surface area (Å²) in [6.45, 7) is 4.20. The molecule has 0 amide bonds. The van der Waals surface area contributed by atoms with Gasteiger partial charge in [0.25, 0.3) is 0 Å². The van der Waals surface area contributed by atoms with Gasteiger partial charge in [-0.15, -0.1) is 0 Å². The maximum Gasteiger partial charge on any atom is 0.177 e. The highest BCUT2D eigenvalue weighted by Crippen LogP contribution is 2.63. The number of halogens is 1. The maximum atomic E-state index is 6.71. The van der Waals surface area contributed by atoms with Crippen LogP contribution in [0.4, 0.5) is 5.82 Å². The Morgan fingerprint density at radius 1 is 1.29 bits per heavy atom. The molecule has 11 heteroatoms. The molecular weight excluding hydrogens is 454 g/mol. The van der Waals surface area contributed by atoms with Crippen LogP contribution in [0.25, 0.3) is 33.3 Å². The number of benzene rings is 1. The number of H-pyrrole nitrogens is 1.